The minimum Gasteiger partial charge on any atom is -0.464 e. The SMILES string of the molecule is CC(=O)O[C@H]1C(=O)[C@@]2(C)[C@H]([C@H](OC(=O)c3ccccc3)[C@]3(O)C[C@H](OC(=O)[C@H](OC(=O)OCCSSCCOC(=O)[C@@H](N)CC(C)C)[C@@H](NC(=O)c4ccccc4)c4ccccc4)C(C)=C1C3(C)C)[C@]1(OC(C)=O)CO[C@@H]1C[C@@H]2O. The van der Waals surface area contributed by atoms with Gasteiger partial charge in [-0.05, 0) is 67.2 Å². The van der Waals surface area contributed by atoms with Crippen LogP contribution in [0, 0.1) is 22.7 Å². The summed E-state index contributed by atoms with van der Waals surface area (Å²) in [5, 5.41) is 29.1. The summed E-state index contributed by atoms with van der Waals surface area (Å²) in [6.07, 6.45) is -11.9. The monoisotopic (exact) mass is 1150 g/mol. The van der Waals surface area contributed by atoms with Gasteiger partial charge in [0.15, 0.2) is 17.5 Å². The molecular formula is C58H70N2O18S2. The van der Waals surface area contributed by atoms with Crippen LogP contribution in [-0.4, -0.2) is 143 Å². The van der Waals surface area contributed by atoms with Gasteiger partial charge in [-0.2, -0.15) is 0 Å². The van der Waals surface area contributed by atoms with Gasteiger partial charge in [-0.25, -0.2) is 14.4 Å². The third-order valence-electron chi connectivity index (χ3n) is 15.6. The molecule has 80 heavy (non-hydrogen) atoms. The predicted molar refractivity (Wildman–Crippen MR) is 291 cm³/mol. The summed E-state index contributed by atoms with van der Waals surface area (Å²) in [5.41, 5.74) is -1.78. The zero-order chi connectivity index (χ0) is 58.3. The molecule has 20 nitrogen and oxygen atoms in total. The molecule has 2 saturated carbocycles. The van der Waals surface area contributed by atoms with E-state index in [1.54, 1.807) is 66.7 Å². The molecule has 3 fully saturated rings. The number of aliphatic hydroxyl groups excluding tert-OH is 1. The first kappa shape index (κ1) is 61.3. The summed E-state index contributed by atoms with van der Waals surface area (Å²) in [5.74, 6) is -6.87. The van der Waals surface area contributed by atoms with Crippen molar-refractivity contribution in [2.75, 3.05) is 31.3 Å². The third-order valence-corrected chi connectivity index (χ3v) is 17.9. The summed E-state index contributed by atoms with van der Waals surface area (Å²) >= 11 is 0. The van der Waals surface area contributed by atoms with Gasteiger partial charge < -0.3 is 59.2 Å². The van der Waals surface area contributed by atoms with E-state index in [-0.39, 0.29) is 65.7 Å². The lowest BCUT2D eigenvalue weighted by molar-refractivity contribution is -0.346. The van der Waals surface area contributed by atoms with Gasteiger partial charge in [0.05, 0.1) is 29.6 Å². The van der Waals surface area contributed by atoms with Crippen LogP contribution in [0.1, 0.15) is 107 Å². The van der Waals surface area contributed by atoms with Crippen molar-refractivity contribution >= 4 is 69.3 Å². The Morgan fingerprint density at radius 1 is 0.800 bits per heavy atom. The first-order valence-corrected chi connectivity index (χ1v) is 28.9. The van der Waals surface area contributed by atoms with E-state index >= 15 is 9.59 Å². The van der Waals surface area contributed by atoms with Gasteiger partial charge in [0, 0.05) is 49.2 Å². The van der Waals surface area contributed by atoms with Crippen LogP contribution in [0.3, 0.4) is 0 Å². The Labute approximate surface area is 472 Å². The number of nitrogens with two attached hydrogens (primary N) is 1. The second kappa shape index (κ2) is 25.7. The quantitative estimate of drug-likeness (QED) is 0.0304. The van der Waals surface area contributed by atoms with E-state index in [0.717, 1.165) is 13.8 Å². The summed E-state index contributed by atoms with van der Waals surface area (Å²) in [6, 6.07) is 21.7. The summed E-state index contributed by atoms with van der Waals surface area (Å²) in [6.45, 7) is 11.6. The topological polar surface area (TPSA) is 289 Å². The number of ketones is 1. The zero-order valence-corrected chi connectivity index (χ0v) is 47.5. The Hall–Kier alpha value is -6.30. The van der Waals surface area contributed by atoms with Crippen LogP contribution in [0.5, 0.6) is 0 Å². The highest BCUT2D eigenvalue weighted by molar-refractivity contribution is 8.76. The summed E-state index contributed by atoms with van der Waals surface area (Å²) < 4.78 is 47.5. The molecular weight excluding hydrogens is 1080 g/mol. The number of fused-ring (bicyclic) bond motifs is 5. The number of carbonyl (C=O) groups excluding carboxylic acids is 8. The molecule has 1 amide bonds. The highest BCUT2D eigenvalue weighted by atomic mass is 33.1. The van der Waals surface area contributed by atoms with Crippen LogP contribution >= 0.6 is 21.6 Å². The summed E-state index contributed by atoms with van der Waals surface area (Å²) in [7, 11) is 2.65. The van der Waals surface area contributed by atoms with Crippen LogP contribution in [0.2, 0.25) is 0 Å². The number of aliphatic hydroxyl groups is 2. The predicted octanol–water partition coefficient (Wildman–Crippen LogP) is 6.19. The number of hydrogen-bond acceptors (Lipinski definition) is 21. The molecule has 0 spiro atoms. The molecule has 12 atom stereocenters. The van der Waals surface area contributed by atoms with Crippen LogP contribution < -0.4 is 11.1 Å². The standard InChI is InChI=1S/C58H70N2O18S2/c1-32(2)28-39(59)52(67)71-24-26-79-80-27-25-72-54(69)76-46(44(36-18-12-9-13-19-36)60-50(65)37-20-14-10-15-21-37)53(68)75-40-30-58(70)49(77-51(66)38-22-16-11-17-23-38)47-56(8,41(63)29-42-57(47,31-73-42)78-35(5)62)48(64)45(74-34(4)61)43(33(40)3)55(58,6)7/h9-23,32,39-42,44-47,49,63,70H,24-31,59H2,1-8H3,(H,60,65)/t39-,40-,41-,42+,44-,45+,46+,47-,49-,56+,57-,58+/m0/s1. The average molecular weight is 1150 g/mol. The van der Waals surface area contributed by atoms with Crippen molar-refractivity contribution in [3.63, 3.8) is 0 Å². The van der Waals surface area contributed by atoms with E-state index in [9.17, 15) is 39.0 Å². The van der Waals surface area contributed by atoms with Crippen LogP contribution in [0.4, 0.5) is 4.79 Å². The van der Waals surface area contributed by atoms with Gasteiger partial charge in [-0.15, -0.1) is 0 Å². The van der Waals surface area contributed by atoms with Crippen molar-refractivity contribution in [2.45, 2.75) is 135 Å². The van der Waals surface area contributed by atoms with Crippen molar-refractivity contribution in [3.05, 3.63) is 119 Å². The fourth-order valence-electron chi connectivity index (χ4n) is 11.6. The molecule has 432 valence electrons. The number of esters is 5. The van der Waals surface area contributed by atoms with Crippen molar-refractivity contribution in [2.24, 2.45) is 28.4 Å². The maximum atomic E-state index is 15.8. The van der Waals surface area contributed by atoms with E-state index < -0.39 is 131 Å². The number of amides is 1. The molecule has 1 saturated heterocycles. The second-order valence-electron chi connectivity index (χ2n) is 21.6. The Bertz CT molecular complexity index is 2800. The average Bonchev–Trinajstić information content (AvgIpc) is 3.58. The first-order chi connectivity index (χ1) is 37.9. The smallest absolute Gasteiger partial charge is 0.464 e. The minimum absolute atomic E-state index is 0.0290. The van der Waals surface area contributed by atoms with Gasteiger partial charge in [0.2, 0.25) is 6.10 Å². The van der Waals surface area contributed by atoms with Gasteiger partial charge >= 0.3 is 36.0 Å². The Kier molecular flexibility index (Phi) is 19.7. The third kappa shape index (κ3) is 12.7. The second-order valence-corrected chi connectivity index (χ2v) is 24.3. The molecule has 3 aliphatic carbocycles. The molecule has 0 aromatic heterocycles. The number of nitrogens with one attached hydrogen (secondary N) is 1. The molecule has 3 aromatic carbocycles. The van der Waals surface area contributed by atoms with E-state index in [1.807, 2.05) is 13.8 Å². The van der Waals surface area contributed by atoms with E-state index in [4.69, 9.17) is 43.6 Å². The van der Waals surface area contributed by atoms with E-state index in [0.29, 0.717) is 12.2 Å². The first-order valence-electron chi connectivity index (χ1n) is 26.4. The number of carbonyl (C=O) groups is 8. The maximum absolute atomic E-state index is 15.8. The molecule has 4 aliphatic rings. The fourth-order valence-corrected chi connectivity index (χ4v) is 13.2. The molecule has 1 heterocycles. The van der Waals surface area contributed by atoms with Crippen LogP contribution in [-0.2, 0) is 61.9 Å². The lowest BCUT2D eigenvalue weighted by Gasteiger charge is -2.67. The largest absolute Gasteiger partial charge is 0.509 e. The van der Waals surface area contributed by atoms with Gasteiger partial charge in [-0.3, -0.25) is 24.0 Å². The fraction of sp³-hybridized carbons (Fsp3) is 0.517. The highest BCUT2D eigenvalue weighted by Gasteiger charge is 2.78. The molecule has 0 radical (unpaired) electrons. The molecule has 0 unspecified atom stereocenters. The number of rotatable bonds is 21. The van der Waals surface area contributed by atoms with Crippen LogP contribution in [0.25, 0.3) is 0 Å². The Morgan fingerprint density at radius 2 is 1.39 bits per heavy atom. The summed E-state index contributed by atoms with van der Waals surface area (Å²) in [4.78, 5) is 112. The number of hydrogen-bond donors (Lipinski definition) is 4. The van der Waals surface area contributed by atoms with E-state index in [1.165, 1.54) is 73.5 Å². The molecule has 7 rings (SSSR count). The number of ether oxygens (including phenoxy) is 8. The minimum atomic E-state index is -2.50. The van der Waals surface area contributed by atoms with Gasteiger partial charge in [-0.1, -0.05) is 116 Å². The molecule has 1 aliphatic heterocycles. The Morgan fingerprint density at radius 3 is 1.95 bits per heavy atom. The highest BCUT2D eigenvalue weighted by Crippen LogP contribution is 2.64. The maximum Gasteiger partial charge on any atom is 0.509 e. The van der Waals surface area contributed by atoms with Crippen LogP contribution in [0.15, 0.2) is 102 Å². The van der Waals surface area contributed by atoms with Crippen molar-refractivity contribution in [3.8, 4) is 0 Å². The Balaban J connectivity index is 1.28. The molecule has 5 N–H and O–H groups in total. The van der Waals surface area contributed by atoms with Gasteiger partial charge in [0.1, 0.15) is 49.2 Å². The lowest BCUT2D eigenvalue weighted by Crippen LogP contribution is -2.82. The van der Waals surface area contributed by atoms with Gasteiger partial charge in [0.25, 0.3) is 5.91 Å². The molecule has 2 bridgehead atoms. The lowest BCUT2D eigenvalue weighted by atomic mass is 9.44. The molecule has 3 aromatic rings. The normalized spacial score (nSPS) is 27.6. The number of benzene rings is 3. The van der Waals surface area contributed by atoms with Crippen molar-refractivity contribution < 1.29 is 86.5 Å². The zero-order valence-electron chi connectivity index (χ0n) is 45.9. The van der Waals surface area contributed by atoms with Crippen molar-refractivity contribution in [1.29, 1.82) is 0 Å². The van der Waals surface area contributed by atoms with E-state index in [2.05, 4.69) is 5.32 Å². The van der Waals surface area contributed by atoms with Crippen molar-refractivity contribution in [1.82, 2.24) is 5.32 Å². The molecule has 22 heteroatoms. The number of Topliss-reactive ketones (excluding diaryl/α,β-unsaturated/α-hetero) is 1.